The molecule has 172 valence electrons. The number of Topliss-reactive ketones (excluding diaryl/α,β-unsaturated/α-hetero) is 1. The Bertz CT molecular complexity index is 1050. The minimum atomic E-state index is -0.709. The highest BCUT2D eigenvalue weighted by molar-refractivity contribution is 6.46. The van der Waals surface area contributed by atoms with Crippen LogP contribution in [0.1, 0.15) is 31.0 Å². The fourth-order valence-electron chi connectivity index (χ4n) is 4.03. The van der Waals surface area contributed by atoms with E-state index in [1.165, 1.54) is 4.90 Å². The number of carbonyl (C=O) groups is 2. The highest BCUT2D eigenvalue weighted by Crippen LogP contribution is 2.40. The summed E-state index contributed by atoms with van der Waals surface area (Å²) in [5.41, 5.74) is 2.30. The number of hydrogen-bond donors (Lipinski definition) is 1. The third kappa shape index (κ3) is 4.85. The number of anilines is 1. The summed E-state index contributed by atoms with van der Waals surface area (Å²) >= 11 is 0. The van der Waals surface area contributed by atoms with Gasteiger partial charge in [0.2, 0.25) is 0 Å². The van der Waals surface area contributed by atoms with Crippen LogP contribution in [0, 0.1) is 0 Å². The van der Waals surface area contributed by atoms with Gasteiger partial charge < -0.3 is 19.6 Å². The van der Waals surface area contributed by atoms with Gasteiger partial charge in [-0.3, -0.25) is 9.59 Å². The number of nitrogens with zero attached hydrogens (tertiary/aromatic N) is 2. The van der Waals surface area contributed by atoms with Crippen LogP contribution in [-0.4, -0.2) is 47.9 Å². The van der Waals surface area contributed by atoms with Gasteiger partial charge in [-0.2, -0.15) is 0 Å². The van der Waals surface area contributed by atoms with Crippen LogP contribution in [0.2, 0.25) is 0 Å². The summed E-state index contributed by atoms with van der Waals surface area (Å²) < 4.78 is 5.48. The Morgan fingerprint density at radius 3 is 2.21 bits per heavy atom. The number of aliphatic hydroxyl groups excluding tert-OH is 1. The molecule has 0 radical (unpaired) electrons. The highest BCUT2D eigenvalue weighted by Gasteiger charge is 2.45. The van der Waals surface area contributed by atoms with Gasteiger partial charge in [0, 0.05) is 30.9 Å². The van der Waals surface area contributed by atoms with Crippen molar-refractivity contribution >= 4 is 23.1 Å². The predicted molar refractivity (Wildman–Crippen MR) is 131 cm³/mol. The van der Waals surface area contributed by atoms with E-state index in [4.69, 9.17) is 4.74 Å². The van der Waals surface area contributed by atoms with E-state index in [1.54, 1.807) is 36.4 Å². The van der Waals surface area contributed by atoms with E-state index in [2.05, 4.69) is 31.9 Å². The molecule has 1 heterocycles. The van der Waals surface area contributed by atoms with Crippen LogP contribution in [0.15, 0.2) is 79.4 Å². The lowest BCUT2D eigenvalue weighted by atomic mass is 9.95. The van der Waals surface area contributed by atoms with E-state index >= 15 is 0 Å². The number of likely N-dealkylation sites (tertiary alicyclic amines) is 1. The summed E-state index contributed by atoms with van der Waals surface area (Å²) in [6.45, 7) is 13.8. The maximum Gasteiger partial charge on any atom is 0.295 e. The van der Waals surface area contributed by atoms with E-state index in [0.29, 0.717) is 17.9 Å². The summed E-state index contributed by atoms with van der Waals surface area (Å²) in [5.74, 6) is -0.963. The molecule has 2 aromatic rings. The topological polar surface area (TPSA) is 70.1 Å². The van der Waals surface area contributed by atoms with Crippen molar-refractivity contribution in [2.75, 3.05) is 31.1 Å². The number of amides is 1. The molecule has 3 rings (SSSR count). The van der Waals surface area contributed by atoms with Crippen molar-refractivity contribution in [3.05, 3.63) is 90.5 Å². The van der Waals surface area contributed by atoms with Gasteiger partial charge in [-0.1, -0.05) is 30.9 Å². The third-order valence-corrected chi connectivity index (χ3v) is 5.70. The van der Waals surface area contributed by atoms with Crippen LogP contribution in [0.4, 0.5) is 5.69 Å². The number of ketones is 1. The molecule has 0 spiro atoms. The molecule has 0 saturated carbocycles. The minimum absolute atomic E-state index is 0.0669. The lowest BCUT2D eigenvalue weighted by Crippen LogP contribution is -2.29. The maximum absolute atomic E-state index is 13.0. The Morgan fingerprint density at radius 1 is 1.03 bits per heavy atom. The Hall–Kier alpha value is -3.80. The van der Waals surface area contributed by atoms with Gasteiger partial charge in [-0.05, 0) is 55.8 Å². The standard InChI is InChI=1S/C27H30N2O4/c1-5-17-29-24(19-9-13-21(14-10-19)28(7-3)8-4)23(26(31)27(29)32)25(30)20-11-15-22(16-12-20)33-18-6-2/h5-6,9-16,24,30H,1-2,7-8,17-18H2,3-4H3/t24-/m1/s1. The number of rotatable bonds is 10. The zero-order valence-electron chi connectivity index (χ0n) is 19.2. The summed E-state index contributed by atoms with van der Waals surface area (Å²) in [4.78, 5) is 29.4. The molecule has 0 unspecified atom stereocenters. The van der Waals surface area contributed by atoms with Gasteiger partial charge in [0.05, 0.1) is 11.6 Å². The van der Waals surface area contributed by atoms with Gasteiger partial charge in [-0.15, -0.1) is 6.58 Å². The van der Waals surface area contributed by atoms with Crippen LogP contribution in [0.25, 0.3) is 5.76 Å². The Labute approximate surface area is 195 Å². The fraction of sp³-hybridized carbons (Fsp3) is 0.259. The van der Waals surface area contributed by atoms with Crippen molar-refractivity contribution in [2.24, 2.45) is 0 Å². The molecule has 1 fully saturated rings. The van der Waals surface area contributed by atoms with Gasteiger partial charge in [0.1, 0.15) is 18.1 Å². The van der Waals surface area contributed by atoms with Crippen LogP contribution in [0.3, 0.4) is 0 Å². The van der Waals surface area contributed by atoms with Crippen LogP contribution in [-0.2, 0) is 9.59 Å². The molecular weight excluding hydrogens is 416 g/mol. The Kier molecular flexibility index (Phi) is 7.72. The Morgan fingerprint density at radius 2 is 1.67 bits per heavy atom. The molecule has 0 aliphatic carbocycles. The SMILES string of the molecule is C=CCOc1ccc(C(O)=C2C(=O)C(=O)N(CC=C)[C@@H]2c2ccc(N(CC)CC)cc2)cc1. The third-order valence-electron chi connectivity index (χ3n) is 5.70. The first-order valence-corrected chi connectivity index (χ1v) is 11.0. The highest BCUT2D eigenvalue weighted by atomic mass is 16.5. The second-order valence-corrected chi connectivity index (χ2v) is 7.63. The molecule has 6 nitrogen and oxygen atoms in total. The smallest absolute Gasteiger partial charge is 0.295 e. The van der Waals surface area contributed by atoms with Crippen LogP contribution >= 0.6 is 0 Å². The molecule has 2 aromatic carbocycles. The lowest BCUT2D eigenvalue weighted by molar-refractivity contribution is -0.139. The van der Waals surface area contributed by atoms with E-state index < -0.39 is 17.7 Å². The predicted octanol–water partition coefficient (Wildman–Crippen LogP) is 4.71. The van der Waals surface area contributed by atoms with Crippen molar-refractivity contribution in [2.45, 2.75) is 19.9 Å². The largest absolute Gasteiger partial charge is 0.507 e. The first-order valence-electron chi connectivity index (χ1n) is 11.0. The minimum Gasteiger partial charge on any atom is -0.507 e. The van der Waals surface area contributed by atoms with E-state index in [9.17, 15) is 14.7 Å². The molecule has 0 bridgehead atoms. The number of benzene rings is 2. The molecule has 1 amide bonds. The zero-order chi connectivity index (χ0) is 24.0. The first-order chi connectivity index (χ1) is 16.0. The summed E-state index contributed by atoms with van der Waals surface area (Å²) in [5, 5.41) is 11.1. The lowest BCUT2D eigenvalue weighted by Gasteiger charge is -2.26. The van der Waals surface area contributed by atoms with E-state index in [-0.39, 0.29) is 17.9 Å². The quantitative estimate of drug-likeness (QED) is 0.248. The number of aliphatic hydroxyl groups is 1. The van der Waals surface area contributed by atoms with Crippen molar-refractivity contribution in [3.63, 3.8) is 0 Å². The van der Waals surface area contributed by atoms with Crippen molar-refractivity contribution in [3.8, 4) is 5.75 Å². The van der Waals surface area contributed by atoms with E-state index in [0.717, 1.165) is 24.3 Å². The van der Waals surface area contributed by atoms with Gasteiger partial charge in [0.25, 0.3) is 11.7 Å². The molecule has 1 N–H and O–H groups in total. The molecule has 33 heavy (non-hydrogen) atoms. The van der Waals surface area contributed by atoms with Crippen molar-refractivity contribution < 1.29 is 19.4 Å². The average Bonchev–Trinajstić information content (AvgIpc) is 3.09. The monoisotopic (exact) mass is 446 g/mol. The molecular formula is C27H30N2O4. The van der Waals surface area contributed by atoms with Gasteiger partial charge >= 0.3 is 0 Å². The van der Waals surface area contributed by atoms with Crippen LogP contribution in [0.5, 0.6) is 5.75 Å². The molecule has 0 aromatic heterocycles. The first kappa shape index (κ1) is 23.9. The normalized spacial score (nSPS) is 17.2. The van der Waals surface area contributed by atoms with Gasteiger partial charge in [-0.25, -0.2) is 0 Å². The summed E-state index contributed by atoms with van der Waals surface area (Å²) in [6, 6.07) is 13.8. The summed E-state index contributed by atoms with van der Waals surface area (Å²) in [6.07, 6.45) is 3.22. The number of ether oxygens (including phenoxy) is 1. The number of carbonyl (C=O) groups excluding carboxylic acids is 2. The summed E-state index contributed by atoms with van der Waals surface area (Å²) in [7, 11) is 0. The van der Waals surface area contributed by atoms with Crippen molar-refractivity contribution in [1.82, 2.24) is 4.90 Å². The number of hydrogen-bond acceptors (Lipinski definition) is 5. The molecule has 1 atom stereocenters. The van der Waals surface area contributed by atoms with E-state index in [1.807, 2.05) is 24.3 Å². The van der Waals surface area contributed by atoms with Gasteiger partial charge in [0.15, 0.2) is 0 Å². The van der Waals surface area contributed by atoms with Crippen molar-refractivity contribution in [1.29, 1.82) is 0 Å². The fourth-order valence-corrected chi connectivity index (χ4v) is 4.03. The zero-order valence-corrected chi connectivity index (χ0v) is 19.2. The average molecular weight is 447 g/mol. The molecule has 6 heteroatoms. The second-order valence-electron chi connectivity index (χ2n) is 7.63. The Balaban J connectivity index is 2.05. The molecule has 1 aliphatic heterocycles. The molecule has 1 aliphatic rings. The second kappa shape index (κ2) is 10.7. The maximum atomic E-state index is 13.0. The van der Waals surface area contributed by atoms with Crippen LogP contribution < -0.4 is 9.64 Å². The molecule has 1 saturated heterocycles.